The fourth-order valence-corrected chi connectivity index (χ4v) is 1.84. The summed E-state index contributed by atoms with van der Waals surface area (Å²) in [7, 11) is 0. The fraction of sp³-hybridized carbons (Fsp3) is 0.417. The van der Waals surface area contributed by atoms with E-state index in [0.717, 1.165) is 5.69 Å². The predicted octanol–water partition coefficient (Wildman–Crippen LogP) is 2.42. The average Bonchev–Trinajstić information content (AvgIpc) is 2.25. The highest BCUT2D eigenvalue weighted by atomic mass is 35.5. The molecule has 16 heavy (non-hydrogen) atoms. The van der Waals surface area contributed by atoms with Crippen LogP contribution in [-0.2, 0) is 0 Å². The number of aliphatic hydroxyl groups excluding tert-OH is 1. The van der Waals surface area contributed by atoms with Crippen molar-refractivity contribution in [3.8, 4) is 6.07 Å². The molecule has 0 spiro atoms. The van der Waals surface area contributed by atoms with E-state index in [0.29, 0.717) is 17.1 Å². The van der Waals surface area contributed by atoms with Crippen LogP contribution in [0, 0.1) is 11.3 Å². The second kappa shape index (κ2) is 5.74. The zero-order valence-electron chi connectivity index (χ0n) is 9.44. The van der Waals surface area contributed by atoms with Crippen LogP contribution in [0.4, 0.5) is 5.69 Å². The highest BCUT2D eigenvalue weighted by molar-refractivity contribution is 6.32. The van der Waals surface area contributed by atoms with Gasteiger partial charge in [-0.3, -0.25) is 0 Å². The van der Waals surface area contributed by atoms with Gasteiger partial charge >= 0.3 is 0 Å². The second-order valence-electron chi connectivity index (χ2n) is 3.76. The lowest BCUT2D eigenvalue weighted by Crippen LogP contribution is -2.34. The van der Waals surface area contributed by atoms with E-state index in [1.807, 2.05) is 30.9 Å². The average molecular weight is 239 g/mol. The van der Waals surface area contributed by atoms with Crippen LogP contribution in [0.3, 0.4) is 0 Å². The van der Waals surface area contributed by atoms with Crippen molar-refractivity contribution in [3.05, 3.63) is 28.8 Å². The maximum Gasteiger partial charge on any atom is 0.103 e. The molecule has 1 N–H and O–H groups in total. The number of nitriles is 1. The Morgan fingerprint density at radius 2 is 2.19 bits per heavy atom. The number of halogens is 1. The van der Waals surface area contributed by atoms with Crippen LogP contribution in [0.15, 0.2) is 18.2 Å². The topological polar surface area (TPSA) is 47.3 Å². The van der Waals surface area contributed by atoms with E-state index in [4.69, 9.17) is 22.0 Å². The van der Waals surface area contributed by atoms with Gasteiger partial charge in [-0.1, -0.05) is 17.7 Å². The van der Waals surface area contributed by atoms with Crippen LogP contribution >= 0.6 is 11.6 Å². The lowest BCUT2D eigenvalue weighted by molar-refractivity contribution is 0.299. The molecule has 0 saturated heterocycles. The number of hydrogen-bond donors (Lipinski definition) is 1. The van der Waals surface area contributed by atoms with Gasteiger partial charge in [-0.05, 0) is 26.0 Å². The van der Waals surface area contributed by atoms with Gasteiger partial charge in [-0.2, -0.15) is 5.26 Å². The van der Waals surface area contributed by atoms with Gasteiger partial charge in [0.05, 0.1) is 22.9 Å². The Morgan fingerprint density at radius 3 is 2.69 bits per heavy atom. The zero-order chi connectivity index (χ0) is 12.1. The van der Waals surface area contributed by atoms with Crippen molar-refractivity contribution in [3.63, 3.8) is 0 Å². The highest BCUT2D eigenvalue weighted by Crippen LogP contribution is 2.27. The van der Waals surface area contributed by atoms with E-state index < -0.39 is 0 Å². The number of hydrogen-bond acceptors (Lipinski definition) is 3. The minimum absolute atomic E-state index is 0.0512. The minimum Gasteiger partial charge on any atom is -0.395 e. The van der Waals surface area contributed by atoms with E-state index in [-0.39, 0.29) is 12.6 Å². The minimum atomic E-state index is 0.0512. The Labute approximate surface area is 101 Å². The van der Waals surface area contributed by atoms with Crippen molar-refractivity contribution < 1.29 is 5.11 Å². The molecule has 0 amide bonds. The van der Waals surface area contributed by atoms with Crippen LogP contribution in [0.2, 0.25) is 5.02 Å². The summed E-state index contributed by atoms with van der Waals surface area (Å²) in [4.78, 5) is 1.96. The molecule has 0 aliphatic heterocycles. The molecule has 1 aromatic rings. The summed E-state index contributed by atoms with van der Waals surface area (Å²) in [6.07, 6.45) is 0. The second-order valence-corrected chi connectivity index (χ2v) is 4.16. The van der Waals surface area contributed by atoms with Crippen molar-refractivity contribution in [2.24, 2.45) is 0 Å². The van der Waals surface area contributed by atoms with E-state index in [1.54, 1.807) is 6.07 Å². The van der Waals surface area contributed by atoms with Gasteiger partial charge in [0.2, 0.25) is 0 Å². The first-order valence-electron chi connectivity index (χ1n) is 5.18. The molecule has 0 aliphatic carbocycles. The molecular formula is C12H15ClN2O. The SMILES string of the molecule is CC(C)N(CCO)c1cccc(Cl)c1C#N. The molecule has 0 aliphatic rings. The van der Waals surface area contributed by atoms with Crippen LogP contribution in [0.25, 0.3) is 0 Å². The summed E-state index contributed by atoms with van der Waals surface area (Å²) < 4.78 is 0. The Balaban J connectivity index is 3.19. The summed E-state index contributed by atoms with van der Waals surface area (Å²) in [5.41, 5.74) is 1.24. The van der Waals surface area contributed by atoms with Crippen molar-refractivity contribution in [1.82, 2.24) is 0 Å². The number of rotatable bonds is 4. The molecule has 0 bridgehead atoms. The van der Waals surface area contributed by atoms with Gasteiger partial charge in [0.1, 0.15) is 6.07 Å². The maximum atomic E-state index is 9.07. The van der Waals surface area contributed by atoms with E-state index in [1.165, 1.54) is 0 Å². The van der Waals surface area contributed by atoms with Crippen LogP contribution < -0.4 is 4.90 Å². The first kappa shape index (κ1) is 12.8. The molecule has 0 unspecified atom stereocenters. The van der Waals surface area contributed by atoms with Crippen molar-refractivity contribution >= 4 is 17.3 Å². The molecule has 0 saturated carbocycles. The third-order valence-electron chi connectivity index (χ3n) is 2.38. The first-order valence-corrected chi connectivity index (χ1v) is 5.55. The quantitative estimate of drug-likeness (QED) is 0.877. The van der Waals surface area contributed by atoms with E-state index in [2.05, 4.69) is 6.07 Å². The Bertz CT molecular complexity index is 398. The molecule has 1 rings (SSSR count). The molecule has 86 valence electrons. The zero-order valence-corrected chi connectivity index (χ0v) is 10.2. The highest BCUT2D eigenvalue weighted by Gasteiger charge is 2.15. The molecule has 0 radical (unpaired) electrons. The van der Waals surface area contributed by atoms with E-state index >= 15 is 0 Å². The summed E-state index contributed by atoms with van der Waals surface area (Å²) in [6.45, 7) is 4.57. The summed E-state index contributed by atoms with van der Waals surface area (Å²) in [5, 5.41) is 18.5. The Hall–Kier alpha value is -1.24. The summed E-state index contributed by atoms with van der Waals surface area (Å²) in [5.74, 6) is 0. The van der Waals surface area contributed by atoms with Crippen LogP contribution in [0.5, 0.6) is 0 Å². The number of aliphatic hydroxyl groups is 1. The van der Waals surface area contributed by atoms with Crippen molar-refractivity contribution in [2.75, 3.05) is 18.1 Å². The largest absolute Gasteiger partial charge is 0.395 e. The Kier molecular flexibility index (Phi) is 4.60. The standard InChI is InChI=1S/C12H15ClN2O/c1-9(2)15(6-7-16)12-5-3-4-11(13)10(12)8-14/h3-5,9,16H,6-7H2,1-2H3. The van der Waals surface area contributed by atoms with Crippen LogP contribution in [0.1, 0.15) is 19.4 Å². The first-order chi connectivity index (χ1) is 7.61. The normalized spacial score (nSPS) is 10.2. The molecular weight excluding hydrogens is 224 g/mol. The molecule has 0 aromatic heterocycles. The van der Waals surface area contributed by atoms with Gasteiger partial charge in [0.15, 0.2) is 0 Å². The van der Waals surface area contributed by atoms with Gasteiger partial charge in [0.25, 0.3) is 0 Å². The van der Waals surface area contributed by atoms with Gasteiger partial charge in [-0.25, -0.2) is 0 Å². The number of anilines is 1. The number of nitrogens with zero attached hydrogens (tertiary/aromatic N) is 2. The Morgan fingerprint density at radius 1 is 1.50 bits per heavy atom. The molecule has 3 nitrogen and oxygen atoms in total. The third-order valence-corrected chi connectivity index (χ3v) is 2.69. The lowest BCUT2D eigenvalue weighted by atomic mass is 10.1. The van der Waals surface area contributed by atoms with Gasteiger partial charge < -0.3 is 10.0 Å². The van der Waals surface area contributed by atoms with Crippen LogP contribution in [-0.4, -0.2) is 24.3 Å². The fourth-order valence-electron chi connectivity index (χ4n) is 1.63. The summed E-state index contributed by atoms with van der Waals surface area (Å²) >= 11 is 5.97. The summed E-state index contributed by atoms with van der Waals surface area (Å²) in [6, 6.07) is 7.66. The molecule has 0 atom stereocenters. The third kappa shape index (κ3) is 2.66. The molecule has 4 heteroatoms. The molecule has 0 fully saturated rings. The lowest BCUT2D eigenvalue weighted by Gasteiger charge is -2.29. The van der Waals surface area contributed by atoms with Gasteiger partial charge in [-0.15, -0.1) is 0 Å². The van der Waals surface area contributed by atoms with E-state index in [9.17, 15) is 0 Å². The molecule has 1 aromatic carbocycles. The van der Waals surface area contributed by atoms with Crippen molar-refractivity contribution in [2.45, 2.75) is 19.9 Å². The number of benzene rings is 1. The molecule has 0 heterocycles. The predicted molar refractivity (Wildman–Crippen MR) is 65.7 cm³/mol. The van der Waals surface area contributed by atoms with Gasteiger partial charge in [0, 0.05) is 12.6 Å². The maximum absolute atomic E-state index is 9.07. The van der Waals surface area contributed by atoms with Crippen molar-refractivity contribution in [1.29, 1.82) is 5.26 Å². The smallest absolute Gasteiger partial charge is 0.103 e. The monoisotopic (exact) mass is 238 g/mol.